The van der Waals surface area contributed by atoms with Crippen molar-refractivity contribution in [3.05, 3.63) is 28.5 Å². The maximum atomic E-state index is 5.79. The summed E-state index contributed by atoms with van der Waals surface area (Å²) in [7, 11) is 0. The van der Waals surface area contributed by atoms with Crippen LogP contribution in [0, 0.1) is 6.92 Å². The number of aryl methyl sites for hydroxylation is 1. The third kappa shape index (κ3) is 1.50. The third-order valence-electron chi connectivity index (χ3n) is 2.52. The summed E-state index contributed by atoms with van der Waals surface area (Å²) < 4.78 is 2.59. The zero-order chi connectivity index (χ0) is 12.0. The van der Waals surface area contributed by atoms with Gasteiger partial charge in [0.15, 0.2) is 11.5 Å². The van der Waals surface area contributed by atoms with Crippen LogP contribution < -0.4 is 5.73 Å². The Balaban J connectivity index is 2.27. The number of nitrogens with zero attached hydrogens (tertiary/aromatic N) is 4. The van der Waals surface area contributed by atoms with E-state index in [2.05, 4.69) is 36.2 Å². The molecule has 0 saturated heterocycles. The summed E-state index contributed by atoms with van der Waals surface area (Å²) in [6.45, 7) is 1.89. The van der Waals surface area contributed by atoms with Crippen molar-refractivity contribution in [2.45, 2.75) is 6.92 Å². The molecule has 0 fully saturated rings. The summed E-state index contributed by atoms with van der Waals surface area (Å²) >= 11 is 3.34. The molecule has 0 saturated carbocycles. The van der Waals surface area contributed by atoms with Gasteiger partial charge in [-0.15, -0.1) is 0 Å². The van der Waals surface area contributed by atoms with Crippen LogP contribution in [-0.4, -0.2) is 25.0 Å². The van der Waals surface area contributed by atoms with Crippen LogP contribution in [0.5, 0.6) is 0 Å². The molecule has 3 heterocycles. The van der Waals surface area contributed by atoms with Gasteiger partial charge in [-0.2, -0.15) is 14.9 Å². The number of hydrogen-bond acceptors (Lipinski definition) is 4. The number of rotatable bonds is 1. The van der Waals surface area contributed by atoms with E-state index < -0.39 is 0 Å². The minimum absolute atomic E-state index is 0.529. The molecule has 0 aliphatic heterocycles. The van der Waals surface area contributed by atoms with E-state index in [1.165, 1.54) is 0 Å². The molecule has 17 heavy (non-hydrogen) atoms. The molecule has 86 valence electrons. The predicted octanol–water partition coefficient (Wildman–Crippen LogP) is 1.80. The first-order valence-electron chi connectivity index (χ1n) is 4.98. The molecule has 3 rings (SSSR count). The van der Waals surface area contributed by atoms with Crippen LogP contribution in [0.2, 0.25) is 0 Å². The number of aromatic nitrogens is 5. The lowest BCUT2D eigenvalue weighted by Crippen LogP contribution is -2.00. The number of hydrogen-bond donors (Lipinski definition) is 2. The largest absolute Gasteiger partial charge is 0.383 e. The van der Waals surface area contributed by atoms with E-state index in [0.717, 1.165) is 15.6 Å². The van der Waals surface area contributed by atoms with Gasteiger partial charge in [-0.1, -0.05) is 0 Å². The van der Waals surface area contributed by atoms with E-state index in [4.69, 9.17) is 5.73 Å². The molecule has 0 bridgehead atoms. The molecule has 3 N–H and O–H groups in total. The van der Waals surface area contributed by atoms with Crippen LogP contribution in [-0.2, 0) is 0 Å². The van der Waals surface area contributed by atoms with Gasteiger partial charge in [0.1, 0.15) is 5.82 Å². The van der Waals surface area contributed by atoms with E-state index >= 15 is 0 Å². The molecule has 7 heteroatoms. The standard InChI is InChI=1S/C10H9BrN6/c1-5-8-9(12)14-15-10(8)17(16-5)7-3-2-6(11)4-13-7/h2-4H,1H3,(H3,12,14,15). The summed E-state index contributed by atoms with van der Waals surface area (Å²) in [6, 6.07) is 3.77. The van der Waals surface area contributed by atoms with Gasteiger partial charge in [0.25, 0.3) is 0 Å². The van der Waals surface area contributed by atoms with Gasteiger partial charge in [0, 0.05) is 10.7 Å². The SMILES string of the molecule is Cc1nn(-c2ccc(Br)cn2)c2n[nH]c(N)c12. The number of aromatic amines is 1. The minimum Gasteiger partial charge on any atom is -0.383 e. The third-order valence-corrected chi connectivity index (χ3v) is 2.99. The summed E-state index contributed by atoms with van der Waals surface area (Å²) in [6.07, 6.45) is 1.72. The Morgan fingerprint density at radius 2 is 2.24 bits per heavy atom. The van der Waals surface area contributed by atoms with Crippen LogP contribution in [0.15, 0.2) is 22.8 Å². The zero-order valence-electron chi connectivity index (χ0n) is 8.98. The predicted molar refractivity (Wildman–Crippen MR) is 67.9 cm³/mol. The highest BCUT2D eigenvalue weighted by Gasteiger charge is 2.15. The molecule has 0 aliphatic rings. The number of halogens is 1. The van der Waals surface area contributed by atoms with E-state index in [9.17, 15) is 0 Å². The molecule has 6 nitrogen and oxygen atoms in total. The second-order valence-electron chi connectivity index (χ2n) is 3.67. The van der Waals surface area contributed by atoms with Gasteiger partial charge in [-0.3, -0.25) is 5.10 Å². The number of anilines is 1. The molecule has 0 spiro atoms. The van der Waals surface area contributed by atoms with Crippen molar-refractivity contribution in [2.75, 3.05) is 5.73 Å². The average molecular weight is 293 g/mol. The fourth-order valence-electron chi connectivity index (χ4n) is 1.76. The number of pyridine rings is 1. The monoisotopic (exact) mass is 292 g/mol. The van der Waals surface area contributed by atoms with Crippen LogP contribution in [0.3, 0.4) is 0 Å². The molecule has 3 aromatic rings. The minimum atomic E-state index is 0.529. The van der Waals surface area contributed by atoms with Crippen molar-refractivity contribution in [3.63, 3.8) is 0 Å². The molecule has 3 aromatic heterocycles. The molecule has 0 aromatic carbocycles. The highest BCUT2D eigenvalue weighted by molar-refractivity contribution is 9.10. The lowest BCUT2D eigenvalue weighted by molar-refractivity contribution is 0.837. The number of nitrogens with one attached hydrogen (secondary N) is 1. The molecule has 0 radical (unpaired) electrons. The Morgan fingerprint density at radius 1 is 1.41 bits per heavy atom. The molecule has 0 aliphatic carbocycles. The molecular weight excluding hydrogens is 284 g/mol. The number of fused-ring (bicyclic) bond motifs is 1. The zero-order valence-corrected chi connectivity index (χ0v) is 10.6. The first kappa shape index (κ1) is 10.3. The van der Waals surface area contributed by atoms with Crippen molar-refractivity contribution < 1.29 is 0 Å². The number of nitrogen functional groups attached to an aromatic ring is 1. The van der Waals surface area contributed by atoms with Crippen molar-refractivity contribution in [1.82, 2.24) is 25.0 Å². The number of nitrogens with two attached hydrogens (primary N) is 1. The first-order chi connectivity index (χ1) is 8.16. The molecule has 0 amide bonds. The average Bonchev–Trinajstić information content (AvgIpc) is 2.83. The van der Waals surface area contributed by atoms with Crippen LogP contribution >= 0.6 is 15.9 Å². The van der Waals surface area contributed by atoms with E-state index in [-0.39, 0.29) is 0 Å². The van der Waals surface area contributed by atoms with Gasteiger partial charge >= 0.3 is 0 Å². The van der Waals surface area contributed by atoms with Crippen LogP contribution in [0.4, 0.5) is 5.82 Å². The van der Waals surface area contributed by atoms with Crippen molar-refractivity contribution in [3.8, 4) is 5.82 Å². The molecule has 0 unspecified atom stereocenters. The normalized spacial score (nSPS) is 11.2. The summed E-state index contributed by atoms with van der Waals surface area (Å²) in [5, 5.41) is 12.1. The van der Waals surface area contributed by atoms with Crippen molar-refractivity contribution in [1.29, 1.82) is 0 Å². The molecule has 0 atom stereocenters. The Hall–Kier alpha value is -1.89. The second kappa shape index (κ2) is 3.56. The Morgan fingerprint density at radius 3 is 2.94 bits per heavy atom. The topological polar surface area (TPSA) is 85.4 Å². The van der Waals surface area contributed by atoms with Gasteiger partial charge in [0.05, 0.1) is 11.1 Å². The van der Waals surface area contributed by atoms with E-state index in [1.807, 2.05) is 19.1 Å². The van der Waals surface area contributed by atoms with Gasteiger partial charge in [-0.05, 0) is 35.0 Å². The summed E-state index contributed by atoms with van der Waals surface area (Å²) in [5.74, 6) is 1.23. The quantitative estimate of drug-likeness (QED) is 0.716. The fourth-order valence-corrected chi connectivity index (χ4v) is 1.99. The smallest absolute Gasteiger partial charge is 0.188 e. The summed E-state index contributed by atoms with van der Waals surface area (Å²) in [5.41, 5.74) is 7.31. The highest BCUT2D eigenvalue weighted by atomic mass is 79.9. The Labute approximate surface area is 105 Å². The van der Waals surface area contributed by atoms with Gasteiger partial charge in [-0.25, -0.2) is 4.98 Å². The Kier molecular flexibility index (Phi) is 2.15. The van der Waals surface area contributed by atoms with Crippen LogP contribution in [0.25, 0.3) is 16.9 Å². The lowest BCUT2D eigenvalue weighted by Gasteiger charge is -1.99. The van der Waals surface area contributed by atoms with E-state index in [0.29, 0.717) is 17.3 Å². The highest BCUT2D eigenvalue weighted by Crippen LogP contribution is 2.23. The first-order valence-corrected chi connectivity index (χ1v) is 5.77. The maximum Gasteiger partial charge on any atom is 0.188 e. The fraction of sp³-hybridized carbons (Fsp3) is 0.100. The van der Waals surface area contributed by atoms with Gasteiger partial charge in [0.2, 0.25) is 0 Å². The number of H-pyrrole nitrogens is 1. The lowest BCUT2D eigenvalue weighted by atomic mass is 10.3. The van der Waals surface area contributed by atoms with Crippen molar-refractivity contribution >= 4 is 32.8 Å². The van der Waals surface area contributed by atoms with E-state index in [1.54, 1.807) is 10.9 Å². The van der Waals surface area contributed by atoms with Gasteiger partial charge < -0.3 is 5.73 Å². The second-order valence-corrected chi connectivity index (χ2v) is 4.58. The Bertz CT molecular complexity index is 681. The summed E-state index contributed by atoms with van der Waals surface area (Å²) in [4.78, 5) is 4.28. The van der Waals surface area contributed by atoms with Crippen molar-refractivity contribution in [2.24, 2.45) is 0 Å². The maximum absolute atomic E-state index is 5.79. The van der Waals surface area contributed by atoms with Crippen LogP contribution in [0.1, 0.15) is 5.69 Å². The molecular formula is C10H9BrN6.